The summed E-state index contributed by atoms with van der Waals surface area (Å²) >= 11 is 0. The van der Waals surface area contributed by atoms with Gasteiger partial charge in [0.15, 0.2) is 0 Å². The standard InChI is InChI=1S/C21H26N2O/c1-21(2,3)17-11-9-16(10-12-17)20(24)23-14-13-19(15-23)22-18-7-5-4-6-8-18/h4-12,19,22H,13-15H2,1-3H3. The molecule has 24 heavy (non-hydrogen) atoms. The Kier molecular flexibility index (Phi) is 4.61. The van der Waals surface area contributed by atoms with Crippen LogP contribution in [-0.2, 0) is 5.41 Å². The summed E-state index contributed by atoms with van der Waals surface area (Å²) in [6, 6.07) is 18.6. The molecule has 1 saturated heterocycles. The molecule has 1 amide bonds. The van der Waals surface area contributed by atoms with Gasteiger partial charge >= 0.3 is 0 Å². The summed E-state index contributed by atoms with van der Waals surface area (Å²) in [4.78, 5) is 14.7. The van der Waals surface area contributed by atoms with E-state index < -0.39 is 0 Å². The first kappa shape index (κ1) is 16.6. The molecule has 1 fully saturated rings. The number of nitrogens with one attached hydrogen (secondary N) is 1. The van der Waals surface area contributed by atoms with Crippen molar-refractivity contribution in [1.82, 2.24) is 4.90 Å². The van der Waals surface area contributed by atoms with Crippen LogP contribution in [0.25, 0.3) is 0 Å². The minimum Gasteiger partial charge on any atom is -0.380 e. The van der Waals surface area contributed by atoms with Crippen molar-refractivity contribution in [3.05, 3.63) is 65.7 Å². The third kappa shape index (κ3) is 3.78. The van der Waals surface area contributed by atoms with Crippen LogP contribution in [0.2, 0.25) is 0 Å². The minimum absolute atomic E-state index is 0.111. The Bertz CT molecular complexity index is 686. The van der Waals surface area contributed by atoms with E-state index >= 15 is 0 Å². The average Bonchev–Trinajstić information content (AvgIpc) is 3.03. The van der Waals surface area contributed by atoms with E-state index in [0.29, 0.717) is 6.04 Å². The molecule has 1 N–H and O–H groups in total. The highest BCUT2D eigenvalue weighted by Gasteiger charge is 2.27. The van der Waals surface area contributed by atoms with E-state index in [2.05, 4.69) is 50.4 Å². The Labute approximate surface area is 144 Å². The first-order chi connectivity index (χ1) is 11.4. The van der Waals surface area contributed by atoms with Crippen LogP contribution in [0.3, 0.4) is 0 Å². The molecule has 0 aliphatic carbocycles. The predicted octanol–water partition coefficient (Wildman–Crippen LogP) is 4.31. The van der Waals surface area contributed by atoms with E-state index in [4.69, 9.17) is 0 Å². The third-order valence-corrected chi connectivity index (χ3v) is 4.62. The van der Waals surface area contributed by atoms with Crippen LogP contribution in [0.5, 0.6) is 0 Å². The van der Waals surface area contributed by atoms with Gasteiger partial charge in [0.1, 0.15) is 0 Å². The van der Waals surface area contributed by atoms with Gasteiger partial charge in [-0.1, -0.05) is 51.1 Å². The molecule has 2 aromatic rings. The highest BCUT2D eigenvalue weighted by molar-refractivity contribution is 5.94. The topological polar surface area (TPSA) is 32.3 Å². The van der Waals surface area contributed by atoms with Gasteiger partial charge < -0.3 is 10.2 Å². The molecule has 126 valence electrons. The molecule has 1 atom stereocenters. The number of hydrogen-bond donors (Lipinski definition) is 1. The molecule has 1 unspecified atom stereocenters. The normalized spacial score (nSPS) is 17.8. The van der Waals surface area contributed by atoms with Crippen LogP contribution >= 0.6 is 0 Å². The van der Waals surface area contributed by atoms with Crippen LogP contribution in [0, 0.1) is 0 Å². The largest absolute Gasteiger partial charge is 0.380 e. The van der Waals surface area contributed by atoms with Crippen LogP contribution in [0.4, 0.5) is 5.69 Å². The van der Waals surface area contributed by atoms with Gasteiger partial charge in [-0.3, -0.25) is 4.79 Å². The molecule has 0 saturated carbocycles. The van der Waals surface area contributed by atoms with Crippen LogP contribution < -0.4 is 5.32 Å². The highest BCUT2D eigenvalue weighted by Crippen LogP contribution is 2.23. The monoisotopic (exact) mass is 322 g/mol. The van der Waals surface area contributed by atoms with Gasteiger partial charge in [0.05, 0.1) is 0 Å². The van der Waals surface area contributed by atoms with Gasteiger partial charge in [0.25, 0.3) is 5.91 Å². The zero-order chi connectivity index (χ0) is 17.2. The maximum Gasteiger partial charge on any atom is 0.253 e. The van der Waals surface area contributed by atoms with Crippen LogP contribution in [-0.4, -0.2) is 29.9 Å². The number of likely N-dealkylation sites (tertiary alicyclic amines) is 1. The zero-order valence-corrected chi connectivity index (χ0v) is 14.8. The number of anilines is 1. The number of carbonyl (C=O) groups excluding carboxylic acids is 1. The molecule has 3 heteroatoms. The summed E-state index contributed by atoms with van der Waals surface area (Å²) < 4.78 is 0. The van der Waals surface area contributed by atoms with Crippen molar-refractivity contribution in [3.63, 3.8) is 0 Å². The smallest absolute Gasteiger partial charge is 0.253 e. The second kappa shape index (κ2) is 6.68. The maximum atomic E-state index is 12.7. The van der Waals surface area contributed by atoms with Crippen molar-refractivity contribution in [2.24, 2.45) is 0 Å². The summed E-state index contributed by atoms with van der Waals surface area (Å²) in [5.41, 5.74) is 3.26. The molecular weight excluding hydrogens is 296 g/mol. The van der Waals surface area contributed by atoms with Gasteiger partial charge in [-0.05, 0) is 41.7 Å². The van der Waals surface area contributed by atoms with Crippen LogP contribution in [0.1, 0.15) is 43.1 Å². The Morgan fingerprint density at radius 3 is 2.33 bits per heavy atom. The van der Waals surface area contributed by atoms with Gasteiger partial charge in [-0.2, -0.15) is 0 Å². The molecule has 1 heterocycles. The second-order valence-electron chi connectivity index (χ2n) is 7.57. The van der Waals surface area contributed by atoms with Crippen molar-refractivity contribution in [1.29, 1.82) is 0 Å². The minimum atomic E-state index is 0.111. The zero-order valence-electron chi connectivity index (χ0n) is 14.8. The summed E-state index contributed by atoms with van der Waals surface area (Å²) in [7, 11) is 0. The number of rotatable bonds is 3. The molecule has 1 aliphatic rings. The predicted molar refractivity (Wildman–Crippen MR) is 99.5 cm³/mol. The lowest BCUT2D eigenvalue weighted by Crippen LogP contribution is -2.31. The summed E-state index contributed by atoms with van der Waals surface area (Å²) in [6.07, 6.45) is 0.987. The Balaban J connectivity index is 1.62. The number of benzene rings is 2. The van der Waals surface area contributed by atoms with Crippen molar-refractivity contribution < 1.29 is 4.79 Å². The molecule has 3 nitrogen and oxygen atoms in total. The summed E-state index contributed by atoms with van der Waals surface area (Å²) in [5.74, 6) is 0.132. The average molecular weight is 322 g/mol. The van der Waals surface area contributed by atoms with Gasteiger partial charge in [-0.15, -0.1) is 0 Å². The molecule has 0 bridgehead atoms. The van der Waals surface area contributed by atoms with E-state index in [1.807, 2.05) is 35.2 Å². The van der Waals surface area contributed by atoms with Crippen LogP contribution in [0.15, 0.2) is 54.6 Å². The lowest BCUT2D eigenvalue weighted by Gasteiger charge is -2.21. The number of nitrogens with zero attached hydrogens (tertiary/aromatic N) is 1. The fourth-order valence-electron chi connectivity index (χ4n) is 3.13. The van der Waals surface area contributed by atoms with E-state index in [9.17, 15) is 4.79 Å². The Morgan fingerprint density at radius 1 is 1.04 bits per heavy atom. The highest BCUT2D eigenvalue weighted by atomic mass is 16.2. The molecule has 1 aliphatic heterocycles. The maximum absolute atomic E-state index is 12.7. The van der Waals surface area contributed by atoms with E-state index in [0.717, 1.165) is 30.8 Å². The molecule has 0 radical (unpaired) electrons. The number of para-hydroxylation sites is 1. The second-order valence-corrected chi connectivity index (χ2v) is 7.57. The lowest BCUT2D eigenvalue weighted by molar-refractivity contribution is 0.0791. The van der Waals surface area contributed by atoms with Gasteiger partial charge in [0, 0.05) is 30.4 Å². The lowest BCUT2D eigenvalue weighted by atomic mass is 9.86. The fraction of sp³-hybridized carbons (Fsp3) is 0.381. The summed E-state index contributed by atoms with van der Waals surface area (Å²) in [6.45, 7) is 8.12. The van der Waals surface area contributed by atoms with Crippen molar-refractivity contribution in [2.45, 2.75) is 38.6 Å². The Hall–Kier alpha value is -2.29. The van der Waals surface area contributed by atoms with Gasteiger partial charge in [-0.25, -0.2) is 0 Å². The molecule has 2 aromatic carbocycles. The van der Waals surface area contributed by atoms with Crippen molar-refractivity contribution >= 4 is 11.6 Å². The van der Waals surface area contributed by atoms with E-state index in [1.165, 1.54) is 5.56 Å². The van der Waals surface area contributed by atoms with Crippen molar-refractivity contribution in [2.75, 3.05) is 18.4 Å². The molecular formula is C21H26N2O. The number of amides is 1. The SMILES string of the molecule is CC(C)(C)c1ccc(C(=O)N2CCC(Nc3ccccc3)C2)cc1. The molecule has 0 aromatic heterocycles. The fourth-order valence-corrected chi connectivity index (χ4v) is 3.13. The third-order valence-electron chi connectivity index (χ3n) is 4.62. The Morgan fingerprint density at radius 2 is 1.71 bits per heavy atom. The van der Waals surface area contributed by atoms with Crippen molar-refractivity contribution in [3.8, 4) is 0 Å². The first-order valence-corrected chi connectivity index (χ1v) is 8.65. The first-order valence-electron chi connectivity index (χ1n) is 8.65. The molecule has 0 spiro atoms. The number of carbonyl (C=O) groups is 1. The molecule has 3 rings (SSSR count). The number of hydrogen-bond acceptors (Lipinski definition) is 2. The summed E-state index contributed by atoms with van der Waals surface area (Å²) in [5, 5.41) is 3.51. The van der Waals surface area contributed by atoms with E-state index in [-0.39, 0.29) is 11.3 Å². The van der Waals surface area contributed by atoms with E-state index in [1.54, 1.807) is 0 Å². The quantitative estimate of drug-likeness (QED) is 0.913. The van der Waals surface area contributed by atoms with Gasteiger partial charge in [0.2, 0.25) is 0 Å².